The molecule has 3 rings (SSSR count). The van der Waals surface area contributed by atoms with Gasteiger partial charge in [0, 0.05) is 18.1 Å². The number of halogens is 1. The SMILES string of the molecule is CN1C[C@@H]2ON=C(c3ccc(Cl)cc3)[C@@H]2C1. The molecule has 0 unspecified atom stereocenters. The van der Waals surface area contributed by atoms with E-state index < -0.39 is 0 Å². The van der Waals surface area contributed by atoms with Gasteiger partial charge < -0.3 is 9.74 Å². The first kappa shape index (κ1) is 10.1. The molecule has 2 heterocycles. The van der Waals surface area contributed by atoms with Crippen molar-refractivity contribution in [1.29, 1.82) is 0 Å². The second-order valence-corrected chi connectivity index (χ2v) is 4.89. The van der Waals surface area contributed by atoms with Gasteiger partial charge in [-0.3, -0.25) is 0 Å². The molecule has 84 valence electrons. The molecule has 2 aliphatic heterocycles. The summed E-state index contributed by atoms with van der Waals surface area (Å²) in [4.78, 5) is 7.74. The number of nitrogens with zero attached hydrogens (tertiary/aromatic N) is 2. The lowest BCUT2D eigenvalue weighted by molar-refractivity contribution is 0.0773. The summed E-state index contributed by atoms with van der Waals surface area (Å²) in [6.45, 7) is 1.98. The molecule has 2 atom stereocenters. The Morgan fingerprint density at radius 2 is 2.06 bits per heavy atom. The maximum atomic E-state index is 5.87. The molecular formula is C12H13ClN2O. The monoisotopic (exact) mass is 236 g/mol. The van der Waals surface area contributed by atoms with Gasteiger partial charge in [0.2, 0.25) is 0 Å². The fraction of sp³-hybridized carbons (Fsp3) is 0.417. The predicted octanol–water partition coefficient (Wildman–Crippen LogP) is 2.00. The van der Waals surface area contributed by atoms with Gasteiger partial charge in [0.25, 0.3) is 0 Å². The van der Waals surface area contributed by atoms with Crippen LogP contribution in [0.4, 0.5) is 0 Å². The van der Waals surface area contributed by atoms with E-state index in [0.717, 1.165) is 29.4 Å². The zero-order chi connectivity index (χ0) is 11.1. The summed E-state index contributed by atoms with van der Waals surface area (Å²) in [6, 6.07) is 7.80. The van der Waals surface area contributed by atoms with Crippen LogP contribution in [0.25, 0.3) is 0 Å². The normalized spacial score (nSPS) is 28.8. The Bertz CT molecular complexity index is 429. The number of likely N-dealkylation sites (tertiary alicyclic amines) is 1. The first-order chi connectivity index (χ1) is 7.74. The van der Waals surface area contributed by atoms with Crippen LogP contribution in [0.2, 0.25) is 5.02 Å². The fourth-order valence-corrected chi connectivity index (χ4v) is 2.54. The van der Waals surface area contributed by atoms with E-state index >= 15 is 0 Å². The van der Waals surface area contributed by atoms with Gasteiger partial charge in [0.05, 0.1) is 11.6 Å². The molecule has 3 nitrogen and oxygen atoms in total. The molecular weight excluding hydrogens is 224 g/mol. The van der Waals surface area contributed by atoms with E-state index in [-0.39, 0.29) is 6.10 Å². The summed E-state index contributed by atoms with van der Waals surface area (Å²) < 4.78 is 0. The van der Waals surface area contributed by atoms with Crippen LogP contribution in [0.1, 0.15) is 5.56 Å². The third-order valence-electron chi connectivity index (χ3n) is 3.23. The van der Waals surface area contributed by atoms with E-state index in [1.54, 1.807) is 0 Å². The minimum absolute atomic E-state index is 0.232. The molecule has 0 aromatic heterocycles. The molecule has 0 amide bonds. The summed E-state index contributed by atoms with van der Waals surface area (Å²) in [5, 5.41) is 4.95. The van der Waals surface area contributed by atoms with Crippen molar-refractivity contribution in [2.24, 2.45) is 11.1 Å². The number of benzene rings is 1. The van der Waals surface area contributed by atoms with Crippen LogP contribution < -0.4 is 0 Å². The van der Waals surface area contributed by atoms with Gasteiger partial charge in [-0.15, -0.1) is 0 Å². The second kappa shape index (κ2) is 3.75. The van der Waals surface area contributed by atoms with Crippen LogP contribution in [0, 0.1) is 5.92 Å². The number of oxime groups is 1. The van der Waals surface area contributed by atoms with E-state index in [1.807, 2.05) is 24.3 Å². The van der Waals surface area contributed by atoms with E-state index in [1.165, 1.54) is 0 Å². The Morgan fingerprint density at radius 1 is 1.31 bits per heavy atom. The highest BCUT2D eigenvalue weighted by Crippen LogP contribution is 2.29. The molecule has 4 heteroatoms. The second-order valence-electron chi connectivity index (χ2n) is 4.45. The summed E-state index contributed by atoms with van der Waals surface area (Å²) in [5.74, 6) is 0.408. The molecule has 1 saturated heterocycles. The van der Waals surface area contributed by atoms with E-state index in [0.29, 0.717) is 5.92 Å². The third kappa shape index (κ3) is 1.60. The molecule has 0 spiro atoms. The molecule has 0 N–H and O–H groups in total. The van der Waals surface area contributed by atoms with Gasteiger partial charge in [-0.2, -0.15) is 0 Å². The van der Waals surface area contributed by atoms with Gasteiger partial charge in [-0.05, 0) is 24.7 Å². The van der Waals surface area contributed by atoms with E-state index in [4.69, 9.17) is 16.4 Å². The lowest BCUT2D eigenvalue weighted by atomic mass is 9.95. The average molecular weight is 237 g/mol. The topological polar surface area (TPSA) is 24.8 Å². The summed E-state index contributed by atoms with van der Waals surface area (Å²) in [6.07, 6.45) is 0.232. The molecule has 1 aromatic rings. The van der Waals surface area contributed by atoms with Crippen LogP contribution in [0.5, 0.6) is 0 Å². The molecule has 0 radical (unpaired) electrons. The van der Waals surface area contributed by atoms with Gasteiger partial charge >= 0.3 is 0 Å². The Morgan fingerprint density at radius 3 is 2.81 bits per heavy atom. The van der Waals surface area contributed by atoms with Crippen molar-refractivity contribution < 1.29 is 4.84 Å². The van der Waals surface area contributed by atoms with Crippen molar-refractivity contribution in [3.05, 3.63) is 34.9 Å². The number of fused-ring (bicyclic) bond motifs is 1. The standard InChI is InChI=1S/C12H13ClN2O/c1-15-6-10-11(7-15)16-14-12(10)8-2-4-9(13)5-3-8/h2-5,10-11H,6-7H2,1H3/t10-,11+/m1/s1. The van der Waals surface area contributed by atoms with Crippen molar-refractivity contribution >= 4 is 17.3 Å². The number of hydrogen-bond donors (Lipinski definition) is 0. The molecule has 1 fully saturated rings. The lowest BCUT2D eigenvalue weighted by Gasteiger charge is -2.09. The highest BCUT2D eigenvalue weighted by Gasteiger charge is 2.41. The van der Waals surface area contributed by atoms with Crippen LogP contribution >= 0.6 is 11.6 Å². The van der Waals surface area contributed by atoms with Gasteiger partial charge in [0.15, 0.2) is 0 Å². The number of rotatable bonds is 1. The first-order valence-electron chi connectivity index (χ1n) is 5.42. The molecule has 0 bridgehead atoms. The largest absolute Gasteiger partial charge is 0.390 e. The van der Waals surface area contributed by atoms with Gasteiger partial charge in [0.1, 0.15) is 6.10 Å². The molecule has 2 aliphatic rings. The van der Waals surface area contributed by atoms with E-state index in [9.17, 15) is 0 Å². The van der Waals surface area contributed by atoms with Crippen molar-refractivity contribution in [1.82, 2.24) is 4.90 Å². The minimum atomic E-state index is 0.232. The Balaban J connectivity index is 1.88. The van der Waals surface area contributed by atoms with Crippen LogP contribution in [0.15, 0.2) is 29.4 Å². The third-order valence-corrected chi connectivity index (χ3v) is 3.48. The van der Waals surface area contributed by atoms with Gasteiger partial charge in [-0.1, -0.05) is 28.9 Å². The molecule has 1 aromatic carbocycles. The maximum absolute atomic E-state index is 5.87. The highest BCUT2D eigenvalue weighted by atomic mass is 35.5. The zero-order valence-electron chi connectivity index (χ0n) is 9.06. The van der Waals surface area contributed by atoms with E-state index in [2.05, 4.69) is 17.1 Å². The fourth-order valence-electron chi connectivity index (χ4n) is 2.41. The Hall–Kier alpha value is -1.06. The van der Waals surface area contributed by atoms with Crippen molar-refractivity contribution in [3.8, 4) is 0 Å². The predicted molar refractivity (Wildman–Crippen MR) is 63.8 cm³/mol. The maximum Gasteiger partial charge on any atom is 0.149 e. The van der Waals surface area contributed by atoms with Crippen LogP contribution in [0.3, 0.4) is 0 Å². The minimum Gasteiger partial charge on any atom is -0.390 e. The summed E-state index contributed by atoms with van der Waals surface area (Å²) >= 11 is 5.87. The van der Waals surface area contributed by atoms with Crippen LogP contribution in [-0.4, -0.2) is 36.9 Å². The Kier molecular flexibility index (Phi) is 2.37. The van der Waals surface area contributed by atoms with Gasteiger partial charge in [-0.25, -0.2) is 0 Å². The Labute approximate surface area is 99.6 Å². The van der Waals surface area contributed by atoms with Crippen LogP contribution in [-0.2, 0) is 4.84 Å². The zero-order valence-corrected chi connectivity index (χ0v) is 9.81. The number of likely N-dealkylation sites (N-methyl/N-ethyl adjacent to an activating group) is 1. The summed E-state index contributed by atoms with van der Waals surface area (Å²) in [7, 11) is 2.11. The summed E-state index contributed by atoms with van der Waals surface area (Å²) in [5.41, 5.74) is 2.18. The molecule has 0 aliphatic carbocycles. The quantitative estimate of drug-likeness (QED) is 0.745. The lowest BCUT2D eigenvalue weighted by Crippen LogP contribution is -2.21. The van der Waals surface area contributed by atoms with Crippen molar-refractivity contribution in [2.75, 3.05) is 20.1 Å². The highest BCUT2D eigenvalue weighted by molar-refractivity contribution is 6.30. The molecule has 0 saturated carbocycles. The van der Waals surface area contributed by atoms with Crippen molar-refractivity contribution in [2.45, 2.75) is 6.10 Å². The number of hydrogen-bond acceptors (Lipinski definition) is 3. The first-order valence-corrected chi connectivity index (χ1v) is 5.80. The smallest absolute Gasteiger partial charge is 0.149 e. The average Bonchev–Trinajstić information content (AvgIpc) is 2.78. The molecule has 16 heavy (non-hydrogen) atoms. The van der Waals surface area contributed by atoms with Crippen molar-refractivity contribution in [3.63, 3.8) is 0 Å².